The Kier molecular flexibility index (Phi) is 3.30. The van der Waals surface area contributed by atoms with E-state index >= 15 is 0 Å². The van der Waals surface area contributed by atoms with Crippen LogP contribution >= 0.6 is 27.7 Å². The van der Waals surface area contributed by atoms with E-state index in [1.54, 1.807) is 0 Å². The molecular weight excluding hydrogens is 248 g/mol. The maximum absolute atomic E-state index is 5.32. The van der Waals surface area contributed by atoms with Crippen LogP contribution in [0.25, 0.3) is 0 Å². The summed E-state index contributed by atoms with van der Waals surface area (Å²) in [5.41, 5.74) is 0. The summed E-state index contributed by atoms with van der Waals surface area (Å²) in [7, 11) is 0. The summed E-state index contributed by atoms with van der Waals surface area (Å²) in [4.78, 5) is 1.33. The van der Waals surface area contributed by atoms with Gasteiger partial charge in [-0.3, -0.25) is 0 Å². The topological polar surface area (TPSA) is 9.23 Å². The monoisotopic (exact) mass is 258 g/mol. The van der Waals surface area contributed by atoms with Crippen molar-refractivity contribution >= 4 is 27.7 Å². The zero-order chi connectivity index (χ0) is 9.10. The maximum Gasteiger partial charge on any atom is 0.0589 e. The quantitative estimate of drug-likeness (QED) is 0.805. The molecule has 1 unspecified atom stereocenters. The number of benzene rings is 1. The van der Waals surface area contributed by atoms with E-state index in [1.165, 1.54) is 11.3 Å². The van der Waals surface area contributed by atoms with Crippen molar-refractivity contribution < 1.29 is 4.74 Å². The van der Waals surface area contributed by atoms with Crippen molar-refractivity contribution in [1.82, 2.24) is 0 Å². The van der Waals surface area contributed by atoms with E-state index < -0.39 is 0 Å². The summed E-state index contributed by atoms with van der Waals surface area (Å²) in [6, 6.07) is 8.45. The fourth-order valence-corrected chi connectivity index (χ4v) is 2.63. The van der Waals surface area contributed by atoms with Crippen LogP contribution in [0.5, 0.6) is 0 Å². The Balaban J connectivity index is 1.97. The fraction of sp³-hybridized carbons (Fsp3) is 0.400. The van der Waals surface area contributed by atoms with Crippen LogP contribution in [0.2, 0.25) is 0 Å². The Bertz CT molecular complexity index is 267. The third-order valence-corrected chi connectivity index (χ3v) is 3.78. The molecule has 0 saturated carbocycles. The number of halogens is 1. The molecule has 1 heterocycles. The molecule has 0 N–H and O–H groups in total. The molecule has 0 aromatic heterocycles. The standard InChI is InChI=1S/C10H11BrOS/c11-8-1-3-9(4-2-8)13-10-5-6-12-7-10/h1-4,10H,5-7H2. The zero-order valence-corrected chi connectivity index (χ0v) is 9.61. The molecule has 1 nitrogen and oxygen atoms in total. The van der Waals surface area contributed by atoms with Crippen LogP contribution in [-0.4, -0.2) is 18.5 Å². The number of rotatable bonds is 2. The van der Waals surface area contributed by atoms with Gasteiger partial charge in [0.1, 0.15) is 0 Å². The summed E-state index contributed by atoms with van der Waals surface area (Å²) in [5.74, 6) is 0. The molecule has 13 heavy (non-hydrogen) atoms. The van der Waals surface area contributed by atoms with E-state index in [0.717, 1.165) is 17.7 Å². The van der Waals surface area contributed by atoms with Gasteiger partial charge >= 0.3 is 0 Å². The van der Waals surface area contributed by atoms with Crippen molar-refractivity contribution in [1.29, 1.82) is 0 Å². The van der Waals surface area contributed by atoms with Crippen molar-refractivity contribution in [2.45, 2.75) is 16.6 Å². The second-order valence-electron chi connectivity index (χ2n) is 3.06. The van der Waals surface area contributed by atoms with Gasteiger partial charge in [-0.15, -0.1) is 11.8 Å². The minimum absolute atomic E-state index is 0.654. The van der Waals surface area contributed by atoms with Crippen LogP contribution in [0.4, 0.5) is 0 Å². The van der Waals surface area contributed by atoms with Crippen LogP contribution in [0.3, 0.4) is 0 Å². The van der Waals surface area contributed by atoms with Gasteiger partial charge in [0, 0.05) is 21.2 Å². The predicted octanol–water partition coefficient (Wildman–Crippen LogP) is 3.33. The minimum Gasteiger partial charge on any atom is -0.380 e. The summed E-state index contributed by atoms with van der Waals surface area (Å²) in [5, 5.41) is 0.654. The Morgan fingerprint density at radius 3 is 2.69 bits per heavy atom. The molecule has 0 radical (unpaired) electrons. The van der Waals surface area contributed by atoms with Gasteiger partial charge in [-0.25, -0.2) is 0 Å². The van der Waals surface area contributed by atoms with E-state index in [2.05, 4.69) is 40.2 Å². The van der Waals surface area contributed by atoms with E-state index in [9.17, 15) is 0 Å². The molecular formula is C10H11BrOS. The highest BCUT2D eigenvalue weighted by Crippen LogP contribution is 2.29. The second kappa shape index (κ2) is 4.49. The van der Waals surface area contributed by atoms with Crippen molar-refractivity contribution in [2.24, 2.45) is 0 Å². The number of hydrogen-bond donors (Lipinski definition) is 0. The Labute approximate surface area is 91.0 Å². The molecule has 1 aromatic carbocycles. The van der Waals surface area contributed by atoms with Crippen molar-refractivity contribution in [2.75, 3.05) is 13.2 Å². The lowest BCUT2D eigenvalue weighted by atomic mass is 10.4. The van der Waals surface area contributed by atoms with E-state index in [4.69, 9.17) is 4.74 Å². The molecule has 3 heteroatoms. The van der Waals surface area contributed by atoms with Gasteiger partial charge in [-0.1, -0.05) is 15.9 Å². The van der Waals surface area contributed by atoms with Gasteiger partial charge in [0.15, 0.2) is 0 Å². The molecule has 70 valence electrons. The SMILES string of the molecule is Brc1ccc(SC2CCOC2)cc1. The molecule has 2 rings (SSSR count). The van der Waals surface area contributed by atoms with Crippen LogP contribution < -0.4 is 0 Å². The molecule has 1 fully saturated rings. The number of ether oxygens (including phenoxy) is 1. The molecule has 0 amide bonds. The van der Waals surface area contributed by atoms with Gasteiger partial charge in [-0.2, -0.15) is 0 Å². The Hall–Kier alpha value is 0.01000. The smallest absolute Gasteiger partial charge is 0.0589 e. The third kappa shape index (κ3) is 2.73. The summed E-state index contributed by atoms with van der Waals surface area (Å²) < 4.78 is 6.46. The average Bonchev–Trinajstić information content (AvgIpc) is 2.62. The van der Waals surface area contributed by atoms with E-state index in [-0.39, 0.29) is 0 Å². The van der Waals surface area contributed by atoms with Gasteiger partial charge in [0.05, 0.1) is 6.61 Å². The molecule has 1 aliphatic rings. The first-order valence-electron chi connectivity index (χ1n) is 4.34. The molecule has 1 atom stereocenters. The first-order valence-corrected chi connectivity index (χ1v) is 6.02. The largest absolute Gasteiger partial charge is 0.380 e. The first kappa shape index (κ1) is 9.56. The first-order chi connectivity index (χ1) is 6.34. The average molecular weight is 259 g/mol. The normalized spacial score (nSPS) is 22.1. The molecule has 0 spiro atoms. The summed E-state index contributed by atoms with van der Waals surface area (Å²) in [6.07, 6.45) is 1.18. The summed E-state index contributed by atoms with van der Waals surface area (Å²) >= 11 is 5.34. The molecule has 1 aromatic rings. The van der Waals surface area contributed by atoms with Gasteiger partial charge < -0.3 is 4.74 Å². The fourth-order valence-electron chi connectivity index (χ4n) is 1.31. The highest BCUT2D eigenvalue weighted by Gasteiger charge is 2.16. The molecule has 1 saturated heterocycles. The number of hydrogen-bond acceptors (Lipinski definition) is 2. The lowest BCUT2D eigenvalue weighted by molar-refractivity contribution is 0.199. The molecule has 1 aliphatic heterocycles. The van der Waals surface area contributed by atoms with Crippen molar-refractivity contribution in [3.8, 4) is 0 Å². The lowest BCUT2D eigenvalue weighted by Crippen LogP contribution is -1.99. The minimum atomic E-state index is 0.654. The highest BCUT2D eigenvalue weighted by molar-refractivity contribution is 9.10. The van der Waals surface area contributed by atoms with E-state index in [1.807, 2.05) is 11.8 Å². The van der Waals surface area contributed by atoms with Crippen LogP contribution in [0.15, 0.2) is 33.6 Å². The van der Waals surface area contributed by atoms with Crippen molar-refractivity contribution in [3.63, 3.8) is 0 Å². The van der Waals surface area contributed by atoms with Crippen molar-refractivity contribution in [3.05, 3.63) is 28.7 Å². The zero-order valence-electron chi connectivity index (χ0n) is 7.20. The maximum atomic E-state index is 5.32. The van der Waals surface area contributed by atoms with E-state index in [0.29, 0.717) is 5.25 Å². The van der Waals surface area contributed by atoms with Gasteiger partial charge in [-0.05, 0) is 30.7 Å². The number of thioether (sulfide) groups is 1. The van der Waals surface area contributed by atoms with Crippen LogP contribution in [0, 0.1) is 0 Å². The van der Waals surface area contributed by atoms with Crippen LogP contribution in [0.1, 0.15) is 6.42 Å². The molecule has 0 bridgehead atoms. The Morgan fingerprint density at radius 2 is 2.08 bits per heavy atom. The second-order valence-corrected chi connectivity index (χ2v) is 5.35. The summed E-state index contributed by atoms with van der Waals surface area (Å²) in [6.45, 7) is 1.83. The predicted molar refractivity (Wildman–Crippen MR) is 59.2 cm³/mol. The van der Waals surface area contributed by atoms with Crippen LogP contribution in [-0.2, 0) is 4.74 Å². The third-order valence-electron chi connectivity index (χ3n) is 2.00. The Morgan fingerprint density at radius 1 is 1.31 bits per heavy atom. The molecule has 0 aliphatic carbocycles. The van der Waals surface area contributed by atoms with Gasteiger partial charge in [0.2, 0.25) is 0 Å². The highest BCUT2D eigenvalue weighted by atomic mass is 79.9. The lowest BCUT2D eigenvalue weighted by Gasteiger charge is -2.06. The van der Waals surface area contributed by atoms with Gasteiger partial charge in [0.25, 0.3) is 0 Å².